The SMILES string of the molecule is Cc1cc(/C=C2\SC(=Nc3ccccc3)N(C[C@H]3CCCO3)C2=O)c(C)n1NC(=O)c1ccccc1. The Morgan fingerprint density at radius 3 is 2.56 bits per heavy atom. The molecule has 2 aliphatic rings. The van der Waals surface area contributed by atoms with Crippen LogP contribution in [0.1, 0.15) is 40.2 Å². The Labute approximate surface area is 214 Å². The number of rotatable bonds is 6. The van der Waals surface area contributed by atoms with Crippen LogP contribution in [0.15, 0.2) is 76.6 Å². The third-order valence-corrected chi connectivity index (χ3v) is 7.29. The molecule has 0 unspecified atom stereocenters. The van der Waals surface area contributed by atoms with Crippen molar-refractivity contribution in [3.05, 3.63) is 94.1 Å². The summed E-state index contributed by atoms with van der Waals surface area (Å²) in [5.74, 6) is -0.272. The highest BCUT2D eigenvalue weighted by molar-refractivity contribution is 8.18. The van der Waals surface area contributed by atoms with Gasteiger partial charge in [-0.15, -0.1) is 0 Å². The van der Waals surface area contributed by atoms with Crippen molar-refractivity contribution in [2.75, 3.05) is 18.6 Å². The number of aliphatic imine (C=N–C) groups is 1. The van der Waals surface area contributed by atoms with E-state index in [9.17, 15) is 9.59 Å². The Morgan fingerprint density at radius 2 is 1.86 bits per heavy atom. The van der Waals surface area contributed by atoms with E-state index < -0.39 is 0 Å². The van der Waals surface area contributed by atoms with Gasteiger partial charge in [0, 0.05) is 23.6 Å². The molecule has 5 rings (SSSR count). The lowest BCUT2D eigenvalue weighted by Gasteiger charge is -2.19. The highest BCUT2D eigenvalue weighted by Crippen LogP contribution is 2.35. The summed E-state index contributed by atoms with van der Waals surface area (Å²) in [6, 6.07) is 20.7. The molecule has 0 bridgehead atoms. The number of thioether (sulfide) groups is 1. The summed E-state index contributed by atoms with van der Waals surface area (Å²) in [5, 5.41) is 0.652. The third kappa shape index (κ3) is 5.15. The molecule has 8 heteroatoms. The number of nitrogens with zero attached hydrogens (tertiary/aromatic N) is 3. The van der Waals surface area contributed by atoms with Crippen molar-refractivity contribution in [3.63, 3.8) is 0 Å². The summed E-state index contributed by atoms with van der Waals surface area (Å²) in [6.07, 6.45) is 3.85. The van der Waals surface area contributed by atoms with Gasteiger partial charge in [0.15, 0.2) is 5.17 Å². The van der Waals surface area contributed by atoms with Crippen molar-refractivity contribution in [2.24, 2.45) is 4.99 Å². The number of amidine groups is 1. The van der Waals surface area contributed by atoms with Gasteiger partial charge in [0.2, 0.25) is 0 Å². The van der Waals surface area contributed by atoms with E-state index in [2.05, 4.69) is 5.43 Å². The van der Waals surface area contributed by atoms with Crippen molar-refractivity contribution < 1.29 is 14.3 Å². The molecule has 0 aliphatic carbocycles. The number of aryl methyl sites for hydroxylation is 1. The van der Waals surface area contributed by atoms with E-state index >= 15 is 0 Å². The van der Waals surface area contributed by atoms with Gasteiger partial charge >= 0.3 is 0 Å². The largest absolute Gasteiger partial charge is 0.376 e. The lowest BCUT2D eigenvalue weighted by molar-refractivity contribution is -0.123. The van der Waals surface area contributed by atoms with Crippen LogP contribution in [-0.4, -0.2) is 45.8 Å². The van der Waals surface area contributed by atoms with Gasteiger partial charge in [0.1, 0.15) is 0 Å². The zero-order chi connectivity index (χ0) is 25.1. The minimum absolute atomic E-state index is 0.0214. The molecule has 1 atom stereocenters. The van der Waals surface area contributed by atoms with Crippen LogP contribution in [0.4, 0.5) is 5.69 Å². The maximum Gasteiger partial charge on any atom is 0.270 e. The van der Waals surface area contributed by atoms with E-state index in [1.165, 1.54) is 11.8 Å². The van der Waals surface area contributed by atoms with Crippen LogP contribution in [0.5, 0.6) is 0 Å². The normalized spacial score (nSPS) is 20.0. The molecule has 2 amide bonds. The van der Waals surface area contributed by atoms with Crippen molar-refractivity contribution in [2.45, 2.75) is 32.8 Å². The van der Waals surface area contributed by atoms with Crippen LogP contribution >= 0.6 is 11.8 Å². The van der Waals surface area contributed by atoms with Gasteiger partial charge in [-0.05, 0) is 80.4 Å². The average molecular weight is 501 g/mol. The Bertz CT molecular complexity index is 1330. The van der Waals surface area contributed by atoms with E-state index in [1.807, 2.05) is 74.5 Å². The number of aromatic nitrogens is 1. The van der Waals surface area contributed by atoms with Crippen LogP contribution in [0, 0.1) is 13.8 Å². The summed E-state index contributed by atoms with van der Waals surface area (Å²) in [4.78, 5) is 33.3. The molecule has 36 heavy (non-hydrogen) atoms. The fourth-order valence-corrected chi connectivity index (χ4v) is 5.36. The molecule has 3 heterocycles. The molecule has 184 valence electrons. The Balaban J connectivity index is 1.42. The molecule has 2 aromatic carbocycles. The second-order valence-electron chi connectivity index (χ2n) is 8.86. The van der Waals surface area contributed by atoms with Crippen molar-refractivity contribution in [1.29, 1.82) is 0 Å². The van der Waals surface area contributed by atoms with Gasteiger partial charge < -0.3 is 4.74 Å². The minimum atomic E-state index is -0.192. The highest BCUT2D eigenvalue weighted by Gasteiger charge is 2.36. The van der Waals surface area contributed by atoms with E-state index in [0.717, 1.165) is 42.1 Å². The zero-order valence-corrected chi connectivity index (χ0v) is 21.1. The van der Waals surface area contributed by atoms with Crippen LogP contribution in [0.2, 0.25) is 0 Å². The first kappa shape index (κ1) is 24.1. The number of ether oxygens (including phenoxy) is 1. The molecule has 3 aromatic rings. The number of carbonyl (C=O) groups is 2. The summed E-state index contributed by atoms with van der Waals surface area (Å²) < 4.78 is 7.56. The average Bonchev–Trinajstić information content (AvgIpc) is 3.58. The molecule has 2 aliphatic heterocycles. The molecule has 1 aromatic heterocycles. The van der Waals surface area contributed by atoms with Crippen LogP contribution in [0.25, 0.3) is 6.08 Å². The van der Waals surface area contributed by atoms with Crippen LogP contribution in [0.3, 0.4) is 0 Å². The van der Waals surface area contributed by atoms with Gasteiger partial charge in [0.25, 0.3) is 11.8 Å². The molecule has 0 spiro atoms. The maximum atomic E-state index is 13.5. The van der Waals surface area contributed by atoms with E-state index in [4.69, 9.17) is 9.73 Å². The molecular formula is C28H28N4O3S. The summed E-state index contributed by atoms with van der Waals surface area (Å²) in [5.41, 5.74) is 6.92. The number of carbonyl (C=O) groups excluding carboxylic acids is 2. The number of benzene rings is 2. The van der Waals surface area contributed by atoms with E-state index in [0.29, 0.717) is 22.2 Å². The smallest absolute Gasteiger partial charge is 0.270 e. The first-order valence-corrected chi connectivity index (χ1v) is 12.8. The molecule has 0 saturated carbocycles. The topological polar surface area (TPSA) is 75.9 Å². The van der Waals surface area contributed by atoms with Gasteiger partial charge in [0.05, 0.1) is 23.2 Å². The fraction of sp³-hybridized carbons (Fsp3) is 0.250. The molecular weight excluding hydrogens is 472 g/mol. The lowest BCUT2D eigenvalue weighted by Crippen LogP contribution is -2.36. The van der Waals surface area contributed by atoms with Crippen LogP contribution < -0.4 is 5.43 Å². The van der Waals surface area contributed by atoms with Gasteiger partial charge in [-0.25, -0.2) is 4.99 Å². The van der Waals surface area contributed by atoms with E-state index in [-0.39, 0.29) is 17.9 Å². The molecule has 2 fully saturated rings. The number of hydrogen-bond acceptors (Lipinski definition) is 5. The maximum absolute atomic E-state index is 13.5. The Hall–Kier alpha value is -3.62. The number of nitrogens with one attached hydrogen (secondary N) is 1. The molecule has 0 radical (unpaired) electrons. The third-order valence-electron chi connectivity index (χ3n) is 6.29. The number of para-hydroxylation sites is 1. The summed E-state index contributed by atoms with van der Waals surface area (Å²) >= 11 is 1.37. The molecule has 1 N–H and O–H groups in total. The Morgan fingerprint density at radius 1 is 1.14 bits per heavy atom. The Kier molecular flexibility index (Phi) is 7.06. The monoisotopic (exact) mass is 500 g/mol. The van der Waals surface area contributed by atoms with E-state index in [1.54, 1.807) is 21.7 Å². The molecule has 2 saturated heterocycles. The zero-order valence-electron chi connectivity index (χ0n) is 20.3. The minimum Gasteiger partial charge on any atom is -0.376 e. The quantitative estimate of drug-likeness (QED) is 0.468. The van der Waals surface area contributed by atoms with Crippen LogP contribution in [-0.2, 0) is 9.53 Å². The van der Waals surface area contributed by atoms with Crippen molar-refractivity contribution >= 4 is 40.5 Å². The fourth-order valence-electron chi connectivity index (χ4n) is 4.36. The van der Waals surface area contributed by atoms with Gasteiger partial charge in [-0.1, -0.05) is 36.4 Å². The van der Waals surface area contributed by atoms with Crippen molar-refractivity contribution in [1.82, 2.24) is 9.58 Å². The highest BCUT2D eigenvalue weighted by atomic mass is 32.2. The van der Waals surface area contributed by atoms with Gasteiger partial charge in [-0.3, -0.25) is 24.6 Å². The second kappa shape index (κ2) is 10.6. The lowest BCUT2D eigenvalue weighted by atomic mass is 10.2. The second-order valence-corrected chi connectivity index (χ2v) is 9.87. The number of hydrogen-bond donors (Lipinski definition) is 1. The summed E-state index contributed by atoms with van der Waals surface area (Å²) in [6.45, 7) is 5.07. The van der Waals surface area contributed by atoms with Crippen molar-refractivity contribution in [3.8, 4) is 0 Å². The summed E-state index contributed by atoms with van der Waals surface area (Å²) in [7, 11) is 0. The number of amides is 2. The predicted molar refractivity (Wildman–Crippen MR) is 144 cm³/mol. The molecule has 7 nitrogen and oxygen atoms in total. The van der Waals surface area contributed by atoms with Gasteiger partial charge in [-0.2, -0.15) is 0 Å². The predicted octanol–water partition coefficient (Wildman–Crippen LogP) is 5.27. The first-order valence-electron chi connectivity index (χ1n) is 12.0. The first-order chi connectivity index (χ1) is 17.5. The standard InChI is InChI=1S/C28H28N4O3S/c1-19-16-22(20(2)32(19)30-26(33)21-10-5-3-6-11-21)17-25-27(34)31(18-24-14-9-15-35-24)28(36-25)29-23-12-7-4-8-13-23/h3-8,10-13,16-17,24H,9,14-15,18H2,1-2H3,(H,30,33)/b25-17-,29-28?/t24-/m1/s1.